The van der Waals surface area contributed by atoms with Crippen molar-refractivity contribution in [2.45, 2.75) is 31.6 Å². The van der Waals surface area contributed by atoms with E-state index in [2.05, 4.69) is 21.3 Å². The fraction of sp³-hybridized carbons (Fsp3) is 0.143. The Morgan fingerprint density at radius 2 is 0.794 bits per heavy atom. The van der Waals surface area contributed by atoms with E-state index in [1.54, 1.807) is 48.5 Å². The molecule has 8 rings (SSSR count). The molecule has 316 valence electrons. The van der Waals surface area contributed by atoms with Crippen LogP contribution < -0.4 is 31.1 Å². The molecule has 2 aliphatic rings. The Morgan fingerprint density at radius 1 is 0.460 bits per heavy atom. The smallest absolute Gasteiger partial charge is 0.329 e. The predicted molar refractivity (Wildman–Crippen MR) is 254 cm³/mol. The molecule has 6 aromatic rings. The van der Waals surface area contributed by atoms with Gasteiger partial charge in [-0.25, -0.2) is 19.4 Å². The van der Waals surface area contributed by atoms with E-state index in [4.69, 9.17) is 24.4 Å². The Kier molecular flexibility index (Phi) is 13.1. The molecule has 12 nitrogen and oxygen atoms in total. The molecule has 4 N–H and O–H groups in total. The van der Waals surface area contributed by atoms with Crippen LogP contribution in [0, 0.1) is 0 Å². The van der Waals surface area contributed by atoms with Gasteiger partial charge in [0, 0.05) is 37.6 Å². The van der Waals surface area contributed by atoms with Crippen molar-refractivity contribution in [2.24, 2.45) is 0 Å². The van der Waals surface area contributed by atoms with Crippen molar-refractivity contribution in [3.8, 4) is 0 Å². The van der Waals surface area contributed by atoms with Gasteiger partial charge in [0.25, 0.3) is 11.8 Å². The lowest BCUT2D eigenvalue weighted by Crippen LogP contribution is -2.45. The first-order valence-electron chi connectivity index (χ1n) is 20.4. The highest BCUT2D eigenvalue weighted by molar-refractivity contribution is 7.80. The van der Waals surface area contributed by atoms with Gasteiger partial charge in [0.1, 0.15) is 12.1 Å². The minimum absolute atomic E-state index is 0.180. The van der Waals surface area contributed by atoms with E-state index in [9.17, 15) is 19.2 Å². The SMILES string of the molecule is O=C1NC(CN(Cc2ccccc2)C(=S)Nc2ccc(Cc3ccc(NC(=S)N(Cc4ccccc4)CC4NC(=O)N(c5ccccc5)C4=O)cc3)cc2)C(=O)N1c1ccccc1. The number of thiocarbonyl (C=S) groups is 2. The number of nitrogens with zero attached hydrogens (tertiary/aromatic N) is 4. The maximum atomic E-state index is 13.5. The van der Waals surface area contributed by atoms with Gasteiger partial charge in [0.15, 0.2) is 10.2 Å². The average Bonchev–Trinajstić information content (AvgIpc) is 3.75. The summed E-state index contributed by atoms with van der Waals surface area (Å²) >= 11 is 11.8. The molecule has 0 saturated carbocycles. The number of para-hydroxylation sites is 2. The van der Waals surface area contributed by atoms with Crippen LogP contribution in [0.25, 0.3) is 0 Å². The number of carbonyl (C=O) groups excluding carboxylic acids is 4. The molecule has 14 heteroatoms. The normalized spacial score (nSPS) is 15.7. The molecule has 2 atom stereocenters. The fourth-order valence-corrected chi connectivity index (χ4v) is 8.01. The molecule has 2 unspecified atom stereocenters. The third-order valence-corrected chi connectivity index (χ3v) is 11.4. The number of nitrogens with one attached hydrogen (secondary N) is 4. The van der Waals surface area contributed by atoms with E-state index in [1.165, 1.54) is 9.80 Å². The molecule has 2 fully saturated rings. The third kappa shape index (κ3) is 10.4. The quantitative estimate of drug-likeness (QED) is 0.0633. The van der Waals surface area contributed by atoms with E-state index in [0.717, 1.165) is 33.6 Å². The summed E-state index contributed by atoms with van der Waals surface area (Å²) < 4.78 is 0. The third-order valence-electron chi connectivity index (χ3n) is 10.7. The molecule has 0 radical (unpaired) electrons. The van der Waals surface area contributed by atoms with Crippen LogP contribution in [0.1, 0.15) is 22.3 Å². The molecule has 2 saturated heterocycles. The highest BCUT2D eigenvalue weighted by Crippen LogP contribution is 2.23. The number of anilines is 4. The standard InChI is InChI=1S/C49H44N8O4S2/c58-44-42(52-46(60)56(44)40-17-9-3-10-18-40)32-54(30-36-13-5-1-6-14-36)48(62)50-38-25-21-34(22-26-38)29-35-23-27-39(28-24-35)51-49(63)55(31-37-15-7-2-8-16-37)33-43-45(59)57(47(61)53-43)41-19-11-4-12-20-41/h1-28,42-43H,29-33H2,(H,50,62)(H,51,63)(H,52,60)(H,53,61). The Bertz CT molecular complexity index is 2410. The second-order valence-electron chi connectivity index (χ2n) is 15.2. The zero-order valence-electron chi connectivity index (χ0n) is 34.1. The average molecular weight is 873 g/mol. The molecule has 63 heavy (non-hydrogen) atoms. The summed E-state index contributed by atoms with van der Waals surface area (Å²) in [6.45, 7) is 1.23. The second kappa shape index (κ2) is 19.5. The first-order valence-corrected chi connectivity index (χ1v) is 21.3. The van der Waals surface area contributed by atoms with Crippen molar-refractivity contribution in [1.29, 1.82) is 0 Å². The molecular weight excluding hydrogens is 829 g/mol. The van der Waals surface area contributed by atoms with Gasteiger partial charge in [-0.3, -0.25) is 9.59 Å². The van der Waals surface area contributed by atoms with E-state index in [0.29, 0.717) is 41.1 Å². The number of rotatable bonds is 14. The van der Waals surface area contributed by atoms with Gasteiger partial charge in [0.2, 0.25) is 0 Å². The Balaban J connectivity index is 0.886. The van der Waals surface area contributed by atoms with Crippen molar-refractivity contribution < 1.29 is 19.2 Å². The van der Waals surface area contributed by atoms with Crippen LogP contribution >= 0.6 is 24.4 Å². The number of hydrogen-bond donors (Lipinski definition) is 4. The lowest BCUT2D eigenvalue weighted by atomic mass is 10.0. The lowest BCUT2D eigenvalue weighted by molar-refractivity contribution is -0.119. The maximum Gasteiger partial charge on any atom is 0.329 e. The van der Waals surface area contributed by atoms with Gasteiger partial charge < -0.3 is 31.1 Å². The van der Waals surface area contributed by atoms with Crippen molar-refractivity contribution in [2.75, 3.05) is 33.5 Å². The lowest BCUT2D eigenvalue weighted by Gasteiger charge is -2.28. The number of hydrogen-bond acceptors (Lipinski definition) is 6. The van der Waals surface area contributed by atoms with Crippen molar-refractivity contribution in [3.05, 3.63) is 192 Å². The number of amides is 6. The topological polar surface area (TPSA) is 129 Å². The summed E-state index contributed by atoms with van der Waals surface area (Å²) in [5, 5.41) is 13.2. The van der Waals surface area contributed by atoms with Gasteiger partial charge in [-0.05, 0) is 102 Å². The largest absolute Gasteiger partial charge is 0.342 e. The van der Waals surface area contributed by atoms with E-state index in [1.807, 2.05) is 131 Å². The van der Waals surface area contributed by atoms with Crippen LogP contribution in [0.4, 0.5) is 32.3 Å². The first kappa shape index (κ1) is 42.3. The Labute approximate surface area is 376 Å². The number of carbonyl (C=O) groups is 4. The summed E-state index contributed by atoms with van der Waals surface area (Å²) in [5.74, 6) is -0.672. The summed E-state index contributed by atoms with van der Waals surface area (Å²) in [5.41, 5.74) is 6.79. The summed E-state index contributed by atoms with van der Waals surface area (Å²) in [7, 11) is 0. The zero-order chi connectivity index (χ0) is 43.7. The Hall–Kier alpha value is -7.42. The number of benzene rings is 6. The van der Waals surface area contributed by atoms with Gasteiger partial charge in [-0.2, -0.15) is 0 Å². The van der Waals surface area contributed by atoms with Crippen LogP contribution in [0.2, 0.25) is 0 Å². The van der Waals surface area contributed by atoms with Gasteiger partial charge in [0.05, 0.1) is 11.4 Å². The predicted octanol–water partition coefficient (Wildman–Crippen LogP) is 7.93. The molecule has 0 aliphatic carbocycles. The van der Waals surface area contributed by atoms with Gasteiger partial charge in [-0.1, -0.05) is 121 Å². The molecule has 0 aromatic heterocycles. The van der Waals surface area contributed by atoms with Crippen molar-refractivity contribution >= 4 is 81.3 Å². The van der Waals surface area contributed by atoms with Gasteiger partial charge in [-0.15, -0.1) is 0 Å². The van der Waals surface area contributed by atoms with E-state index < -0.39 is 24.1 Å². The van der Waals surface area contributed by atoms with Crippen LogP contribution in [0.5, 0.6) is 0 Å². The monoisotopic (exact) mass is 872 g/mol. The number of urea groups is 2. The highest BCUT2D eigenvalue weighted by Gasteiger charge is 2.41. The highest BCUT2D eigenvalue weighted by atomic mass is 32.1. The molecule has 0 bridgehead atoms. The summed E-state index contributed by atoms with van der Waals surface area (Å²) in [6.07, 6.45) is 0.679. The maximum absolute atomic E-state index is 13.5. The fourth-order valence-electron chi connectivity index (χ4n) is 7.49. The van der Waals surface area contributed by atoms with Crippen LogP contribution in [0.3, 0.4) is 0 Å². The van der Waals surface area contributed by atoms with E-state index >= 15 is 0 Å². The van der Waals surface area contributed by atoms with E-state index in [-0.39, 0.29) is 24.9 Å². The zero-order valence-corrected chi connectivity index (χ0v) is 35.7. The molecule has 0 spiro atoms. The van der Waals surface area contributed by atoms with Crippen molar-refractivity contribution in [3.63, 3.8) is 0 Å². The van der Waals surface area contributed by atoms with Crippen LogP contribution in [-0.4, -0.2) is 69.1 Å². The molecule has 6 amide bonds. The minimum Gasteiger partial charge on any atom is -0.342 e. The molecular formula is C49H44N8O4S2. The number of imide groups is 2. The first-order chi connectivity index (χ1) is 30.7. The molecule has 6 aromatic carbocycles. The van der Waals surface area contributed by atoms with Crippen LogP contribution in [0.15, 0.2) is 170 Å². The molecule has 2 heterocycles. The Morgan fingerprint density at radius 3 is 1.14 bits per heavy atom. The van der Waals surface area contributed by atoms with Gasteiger partial charge >= 0.3 is 12.1 Å². The van der Waals surface area contributed by atoms with Crippen LogP contribution in [-0.2, 0) is 29.1 Å². The van der Waals surface area contributed by atoms with Crippen molar-refractivity contribution in [1.82, 2.24) is 20.4 Å². The summed E-state index contributed by atoms with van der Waals surface area (Å²) in [4.78, 5) is 58.9. The second-order valence-corrected chi connectivity index (χ2v) is 16.0. The minimum atomic E-state index is -0.785. The molecule has 2 aliphatic heterocycles. The summed E-state index contributed by atoms with van der Waals surface area (Å²) in [6, 6.07) is 50.9.